The van der Waals surface area contributed by atoms with Crippen LogP contribution in [-0.2, 0) is 0 Å². The number of rotatable bonds is 0. The van der Waals surface area contributed by atoms with Gasteiger partial charge in [-0.15, -0.1) is 0 Å². The Bertz CT molecular complexity index is 115. The zero-order valence-electron chi connectivity index (χ0n) is 3.89. The molecule has 0 aromatic carbocycles. The van der Waals surface area contributed by atoms with Gasteiger partial charge in [0.15, 0.2) is 0 Å². The van der Waals surface area contributed by atoms with E-state index in [4.69, 9.17) is 5.11 Å². The summed E-state index contributed by atoms with van der Waals surface area (Å²) in [6.07, 6.45) is 5.22. The molecule has 0 aromatic heterocycles. The molecule has 0 atom stereocenters. The second kappa shape index (κ2) is 1.69. The van der Waals surface area contributed by atoms with E-state index in [2.05, 4.69) is 5.32 Å². The molecule has 0 saturated carbocycles. The fourth-order valence-corrected chi connectivity index (χ4v) is 0.450. The highest BCUT2D eigenvalue weighted by Crippen LogP contribution is 1.90. The van der Waals surface area contributed by atoms with E-state index in [0.717, 1.165) is 0 Å². The van der Waals surface area contributed by atoms with E-state index in [0.29, 0.717) is 12.3 Å². The second-order valence-electron chi connectivity index (χ2n) is 1.40. The van der Waals surface area contributed by atoms with Gasteiger partial charge in [0.25, 0.3) is 0 Å². The Morgan fingerprint density at radius 3 is 2.86 bits per heavy atom. The van der Waals surface area contributed by atoms with Crippen molar-refractivity contribution in [1.29, 1.82) is 0 Å². The third-order valence-corrected chi connectivity index (χ3v) is 0.786. The van der Waals surface area contributed by atoms with E-state index in [9.17, 15) is 0 Å². The smallest absolute Gasteiger partial charge is 0.111 e. The normalized spacial score (nSPS) is 18.0. The molecule has 0 fully saturated rings. The lowest BCUT2D eigenvalue weighted by atomic mass is 10.4. The van der Waals surface area contributed by atoms with Gasteiger partial charge in [0.05, 0.1) is 6.54 Å². The van der Waals surface area contributed by atoms with E-state index in [1.807, 2.05) is 0 Å². The molecule has 1 aliphatic rings. The van der Waals surface area contributed by atoms with Crippen molar-refractivity contribution in [3.05, 3.63) is 24.1 Å². The molecule has 0 radical (unpaired) electrons. The maximum Gasteiger partial charge on any atom is 0.111 e. The van der Waals surface area contributed by atoms with Crippen LogP contribution in [0.15, 0.2) is 24.1 Å². The van der Waals surface area contributed by atoms with Gasteiger partial charge >= 0.3 is 0 Å². The number of aliphatic hydroxyl groups excluding tert-OH is 1. The number of nitrogens with one attached hydrogen (secondary N) is 1. The molecule has 38 valence electrons. The molecule has 2 heteroatoms. The monoisotopic (exact) mass is 97.1 g/mol. The third kappa shape index (κ3) is 0.961. The van der Waals surface area contributed by atoms with Gasteiger partial charge in [-0.25, -0.2) is 0 Å². The molecule has 0 spiro atoms. The highest BCUT2D eigenvalue weighted by molar-refractivity contribution is 5.11. The van der Waals surface area contributed by atoms with Crippen LogP contribution in [0, 0.1) is 0 Å². The van der Waals surface area contributed by atoms with Crippen molar-refractivity contribution in [3.8, 4) is 0 Å². The molecule has 2 N–H and O–H groups in total. The predicted molar refractivity (Wildman–Crippen MR) is 27.9 cm³/mol. The first kappa shape index (κ1) is 4.24. The lowest BCUT2D eigenvalue weighted by Gasteiger charge is -2.01. The summed E-state index contributed by atoms with van der Waals surface area (Å²) < 4.78 is 0. The summed E-state index contributed by atoms with van der Waals surface area (Å²) >= 11 is 0. The van der Waals surface area contributed by atoms with Crippen LogP contribution >= 0.6 is 0 Å². The Balaban J connectivity index is 2.57. The second-order valence-corrected chi connectivity index (χ2v) is 1.40. The first-order chi connectivity index (χ1) is 3.39. The number of hydrogen-bond donors (Lipinski definition) is 2. The van der Waals surface area contributed by atoms with Crippen molar-refractivity contribution in [3.63, 3.8) is 0 Å². The van der Waals surface area contributed by atoms with Crippen LogP contribution < -0.4 is 5.32 Å². The number of allylic oxidation sites excluding steroid dienone is 2. The highest BCUT2D eigenvalue weighted by Gasteiger charge is 1.89. The van der Waals surface area contributed by atoms with Crippen molar-refractivity contribution in [2.75, 3.05) is 6.54 Å². The summed E-state index contributed by atoms with van der Waals surface area (Å²) in [5, 5.41) is 11.5. The van der Waals surface area contributed by atoms with Gasteiger partial charge in [-0.2, -0.15) is 0 Å². The largest absolute Gasteiger partial charge is 0.510 e. The molecule has 0 aromatic rings. The van der Waals surface area contributed by atoms with Gasteiger partial charge in [-0.3, -0.25) is 0 Å². The van der Waals surface area contributed by atoms with Crippen molar-refractivity contribution in [1.82, 2.24) is 5.32 Å². The zero-order chi connectivity index (χ0) is 5.11. The van der Waals surface area contributed by atoms with Crippen LogP contribution in [-0.4, -0.2) is 11.7 Å². The molecule has 0 bridgehead atoms. The fourth-order valence-electron chi connectivity index (χ4n) is 0.450. The molecule has 1 rings (SSSR count). The summed E-state index contributed by atoms with van der Waals surface area (Å²) in [5.41, 5.74) is 0. The van der Waals surface area contributed by atoms with E-state index < -0.39 is 0 Å². The molecule has 2 nitrogen and oxygen atoms in total. The van der Waals surface area contributed by atoms with Crippen LogP contribution in [0.2, 0.25) is 0 Å². The highest BCUT2D eigenvalue weighted by atomic mass is 16.3. The first-order valence-corrected chi connectivity index (χ1v) is 2.17. The van der Waals surface area contributed by atoms with E-state index in [1.54, 1.807) is 18.4 Å². The predicted octanol–water partition coefficient (Wildman–Crippen LogP) is 0.545. The van der Waals surface area contributed by atoms with Crippen molar-refractivity contribution >= 4 is 0 Å². The van der Waals surface area contributed by atoms with Crippen LogP contribution in [0.3, 0.4) is 0 Å². The van der Waals surface area contributed by atoms with Gasteiger partial charge < -0.3 is 10.4 Å². The minimum atomic E-state index is 0.391. The van der Waals surface area contributed by atoms with Crippen molar-refractivity contribution in [2.24, 2.45) is 0 Å². The van der Waals surface area contributed by atoms with Crippen LogP contribution in [0.5, 0.6) is 0 Å². The van der Waals surface area contributed by atoms with Crippen molar-refractivity contribution < 1.29 is 5.11 Å². The van der Waals surface area contributed by atoms with Crippen LogP contribution in [0.25, 0.3) is 0 Å². The fraction of sp³-hybridized carbons (Fsp3) is 0.200. The van der Waals surface area contributed by atoms with Gasteiger partial charge in [0, 0.05) is 0 Å². The Morgan fingerprint density at radius 1 is 1.71 bits per heavy atom. The van der Waals surface area contributed by atoms with E-state index >= 15 is 0 Å². The molecule has 1 heterocycles. The number of dihydropyridines is 1. The molecule has 0 aliphatic carbocycles. The Hall–Kier alpha value is -0.920. The number of hydrogen-bond acceptors (Lipinski definition) is 2. The summed E-state index contributed by atoms with van der Waals surface area (Å²) in [7, 11) is 0. The minimum absolute atomic E-state index is 0.391. The number of aliphatic hydroxyl groups is 1. The lowest BCUT2D eigenvalue weighted by molar-refractivity contribution is 0.394. The average Bonchev–Trinajstić information content (AvgIpc) is 1.69. The molecule has 1 aliphatic heterocycles. The molecular formula is C5H7NO. The minimum Gasteiger partial charge on any atom is -0.510 e. The van der Waals surface area contributed by atoms with Crippen LogP contribution in [0.1, 0.15) is 0 Å². The summed E-state index contributed by atoms with van der Waals surface area (Å²) in [6, 6.07) is 0. The third-order valence-electron chi connectivity index (χ3n) is 0.786. The van der Waals surface area contributed by atoms with Crippen LogP contribution in [0.4, 0.5) is 0 Å². The summed E-state index contributed by atoms with van der Waals surface area (Å²) in [6.45, 7) is 0.566. The van der Waals surface area contributed by atoms with Crippen molar-refractivity contribution in [2.45, 2.75) is 0 Å². The van der Waals surface area contributed by atoms with Gasteiger partial charge in [-0.1, -0.05) is 0 Å². The van der Waals surface area contributed by atoms with E-state index in [-0.39, 0.29) is 0 Å². The Kier molecular flexibility index (Phi) is 1.02. The SMILES string of the molecule is OC1=CC=CNC1. The quantitative estimate of drug-likeness (QED) is 0.462. The Morgan fingerprint density at radius 2 is 2.57 bits per heavy atom. The lowest BCUT2D eigenvalue weighted by Crippen LogP contribution is -2.11. The van der Waals surface area contributed by atoms with Gasteiger partial charge in [-0.05, 0) is 18.4 Å². The molecule has 0 amide bonds. The molecule has 0 saturated heterocycles. The maximum atomic E-state index is 8.66. The molecular weight excluding hydrogens is 90.1 g/mol. The topological polar surface area (TPSA) is 32.3 Å². The standard InChI is InChI=1S/C5H7NO/c7-5-2-1-3-6-4-5/h1-3,6-7H,4H2. The summed E-state index contributed by atoms with van der Waals surface area (Å²) in [4.78, 5) is 0. The Labute approximate surface area is 42.2 Å². The maximum absolute atomic E-state index is 8.66. The zero-order valence-corrected chi connectivity index (χ0v) is 3.89. The van der Waals surface area contributed by atoms with Gasteiger partial charge in [0.2, 0.25) is 0 Å². The van der Waals surface area contributed by atoms with E-state index in [1.165, 1.54) is 0 Å². The molecule has 0 unspecified atom stereocenters. The summed E-state index contributed by atoms with van der Waals surface area (Å²) in [5.74, 6) is 0.391. The molecule has 7 heavy (non-hydrogen) atoms. The average molecular weight is 97.1 g/mol. The first-order valence-electron chi connectivity index (χ1n) is 2.17. The van der Waals surface area contributed by atoms with Gasteiger partial charge in [0.1, 0.15) is 5.76 Å².